The van der Waals surface area contributed by atoms with Gasteiger partial charge in [-0.2, -0.15) is 0 Å². The van der Waals surface area contributed by atoms with Crippen molar-refractivity contribution >= 4 is 40.3 Å². The quantitative estimate of drug-likeness (QED) is 0.320. The van der Waals surface area contributed by atoms with Crippen LogP contribution in [-0.2, 0) is 4.74 Å². The zero-order valence-corrected chi connectivity index (χ0v) is 18.8. The zero-order valence-electron chi connectivity index (χ0n) is 18.1. The van der Waals surface area contributed by atoms with Crippen LogP contribution in [0.1, 0.15) is 24.1 Å². The third kappa shape index (κ3) is 6.25. The molecule has 0 amide bonds. The highest BCUT2D eigenvalue weighted by Crippen LogP contribution is 2.27. The Morgan fingerprint density at radius 1 is 0.970 bits per heavy atom. The highest BCUT2D eigenvalue weighted by molar-refractivity contribution is 6.31. The second-order valence-electron chi connectivity index (χ2n) is 7.97. The molecule has 1 aliphatic rings. The van der Waals surface area contributed by atoms with E-state index in [1.165, 1.54) is 6.08 Å². The van der Waals surface area contributed by atoms with Gasteiger partial charge in [0.2, 0.25) is 0 Å². The van der Waals surface area contributed by atoms with E-state index in [2.05, 4.69) is 15.2 Å². The van der Waals surface area contributed by atoms with Crippen LogP contribution >= 0.6 is 11.6 Å². The lowest BCUT2D eigenvalue weighted by atomic mass is 10.1. The van der Waals surface area contributed by atoms with Crippen LogP contribution < -0.4 is 5.32 Å². The molecule has 0 atom stereocenters. The van der Waals surface area contributed by atoms with Crippen LogP contribution in [0.25, 0.3) is 23.1 Å². The minimum absolute atomic E-state index is 0.0514. The Hall–Kier alpha value is -2.61. The minimum atomic E-state index is -1.22. The van der Waals surface area contributed by atoms with E-state index in [0.717, 1.165) is 74.9 Å². The Balaban J connectivity index is 1.48. The monoisotopic (exact) mass is 475 g/mol. The molecular formula is C25H25ClF3N3O. The smallest absolute Gasteiger partial charge is 0.161 e. The maximum Gasteiger partial charge on any atom is 0.161 e. The van der Waals surface area contributed by atoms with Gasteiger partial charge in [0.15, 0.2) is 11.6 Å². The lowest BCUT2D eigenvalue weighted by Gasteiger charge is -2.26. The van der Waals surface area contributed by atoms with E-state index in [4.69, 9.17) is 16.3 Å². The van der Waals surface area contributed by atoms with Gasteiger partial charge >= 0.3 is 0 Å². The number of fused-ring (bicyclic) bond motifs is 1. The molecule has 0 bridgehead atoms. The number of halogens is 4. The molecule has 8 heteroatoms. The van der Waals surface area contributed by atoms with E-state index in [9.17, 15) is 13.2 Å². The fraction of sp³-hybridized carbons (Fsp3) is 0.320. The fourth-order valence-corrected chi connectivity index (χ4v) is 3.97. The predicted octanol–water partition coefficient (Wildman–Crippen LogP) is 6.00. The normalized spacial score (nSPS) is 14.9. The summed E-state index contributed by atoms with van der Waals surface area (Å²) in [5, 5.41) is 4.94. The predicted molar refractivity (Wildman–Crippen MR) is 127 cm³/mol. The van der Waals surface area contributed by atoms with Gasteiger partial charge in [0.25, 0.3) is 0 Å². The Kier molecular flexibility index (Phi) is 7.85. The molecule has 1 aromatic heterocycles. The van der Waals surface area contributed by atoms with E-state index in [1.54, 1.807) is 12.1 Å². The summed E-state index contributed by atoms with van der Waals surface area (Å²) >= 11 is 6.19. The maximum atomic E-state index is 14.0. The number of unbranched alkanes of at least 4 members (excludes halogenated alkanes) is 1. The summed E-state index contributed by atoms with van der Waals surface area (Å²) < 4.78 is 46.0. The first-order valence-electron chi connectivity index (χ1n) is 11.0. The topological polar surface area (TPSA) is 37.4 Å². The maximum absolute atomic E-state index is 14.0. The molecule has 0 radical (unpaired) electrons. The van der Waals surface area contributed by atoms with Crippen LogP contribution in [0.4, 0.5) is 18.9 Å². The molecule has 174 valence electrons. The van der Waals surface area contributed by atoms with Crippen LogP contribution in [0.2, 0.25) is 5.02 Å². The molecule has 0 unspecified atom stereocenters. The zero-order chi connectivity index (χ0) is 23.2. The van der Waals surface area contributed by atoms with Gasteiger partial charge in [-0.3, -0.25) is 4.90 Å². The van der Waals surface area contributed by atoms with Crippen LogP contribution in [0.15, 0.2) is 36.4 Å². The van der Waals surface area contributed by atoms with Crippen molar-refractivity contribution in [2.75, 3.05) is 44.7 Å². The summed E-state index contributed by atoms with van der Waals surface area (Å²) in [6.07, 6.45) is 5.02. The molecule has 2 heterocycles. The molecule has 1 N–H and O–H groups in total. The largest absolute Gasteiger partial charge is 0.384 e. The van der Waals surface area contributed by atoms with Gasteiger partial charge in [0.05, 0.1) is 24.4 Å². The lowest BCUT2D eigenvalue weighted by molar-refractivity contribution is 0.0373. The first-order chi connectivity index (χ1) is 16.0. The number of anilines is 1. The molecule has 1 fully saturated rings. The van der Waals surface area contributed by atoms with Crippen molar-refractivity contribution in [2.24, 2.45) is 0 Å². The van der Waals surface area contributed by atoms with Gasteiger partial charge in [0.1, 0.15) is 5.82 Å². The van der Waals surface area contributed by atoms with Gasteiger partial charge in [-0.25, -0.2) is 18.2 Å². The number of hydrogen-bond donors (Lipinski definition) is 1. The molecule has 2 aromatic carbocycles. The summed E-state index contributed by atoms with van der Waals surface area (Å²) in [6, 6.07) is 8.63. The van der Waals surface area contributed by atoms with Crippen molar-refractivity contribution in [3.05, 3.63) is 70.1 Å². The molecule has 1 saturated heterocycles. The molecule has 1 aliphatic heterocycles. The molecule has 4 rings (SSSR count). The van der Waals surface area contributed by atoms with E-state index >= 15 is 0 Å². The number of nitrogens with zero attached hydrogens (tertiary/aromatic N) is 2. The average Bonchev–Trinajstić information content (AvgIpc) is 2.81. The molecule has 0 saturated carbocycles. The number of morpholine rings is 1. The summed E-state index contributed by atoms with van der Waals surface area (Å²) in [5.41, 5.74) is 2.09. The van der Waals surface area contributed by atoms with Gasteiger partial charge in [-0.1, -0.05) is 11.6 Å². The molecule has 3 aromatic rings. The van der Waals surface area contributed by atoms with Gasteiger partial charge in [0, 0.05) is 47.4 Å². The summed E-state index contributed by atoms with van der Waals surface area (Å²) in [4.78, 5) is 6.98. The van der Waals surface area contributed by atoms with E-state index in [-0.39, 0.29) is 5.56 Å². The summed E-state index contributed by atoms with van der Waals surface area (Å²) in [7, 11) is 0. The highest BCUT2D eigenvalue weighted by atomic mass is 35.5. The van der Waals surface area contributed by atoms with Crippen molar-refractivity contribution in [2.45, 2.75) is 12.8 Å². The van der Waals surface area contributed by atoms with Crippen molar-refractivity contribution in [1.82, 2.24) is 9.88 Å². The first-order valence-corrected chi connectivity index (χ1v) is 11.3. The molecule has 4 nitrogen and oxygen atoms in total. The van der Waals surface area contributed by atoms with Gasteiger partial charge in [-0.15, -0.1) is 0 Å². The third-order valence-corrected chi connectivity index (χ3v) is 5.82. The summed E-state index contributed by atoms with van der Waals surface area (Å²) in [5.74, 6) is -3.15. The van der Waals surface area contributed by atoms with Crippen LogP contribution in [0.5, 0.6) is 0 Å². The Labute approximate surface area is 196 Å². The second kappa shape index (κ2) is 11.0. The SMILES string of the molecule is Fc1cc(F)c(/C=C/c2cc(NCCCCN3CCOCC3)c3cc(Cl)ccc3n2)cc1F. The highest BCUT2D eigenvalue weighted by Gasteiger charge is 2.11. The average molecular weight is 476 g/mol. The van der Waals surface area contributed by atoms with Crippen LogP contribution in [-0.4, -0.2) is 49.3 Å². The Morgan fingerprint density at radius 2 is 1.76 bits per heavy atom. The Bertz CT molecular complexity index is 1150. The Morgan fingerprint density at radius 3 is 2.58 bits per heavy atom. The van der Waals surface area contributed by atoms with Crippen molar-refractivity contribution in [1.29, 1.82) is 0 Å². The van der Waals surface area contributed by atoms with E-state index < -0.39 is 17.5 Å². The molecular weight excluding hydrogens is 451 g/mol. The van der Waals surface area contributed by atoms with E-state index in [1.807, 2.05) is 18.2 Å². The molecule has 0 spiro atoms. The summed E-state index contributed by atoms with van der Waals surface area (Å²) in [6.45, 7) is 5.38. The second-order valence-corrected chi connectivity index (χ2v) is 8.40. The fourth-order valence-electron chi connectivity index (χ4n) is 3.80. The lowest BCUT2D eigenvalue weighted by Crippen LogP contribution is -2.36. The number of nitrogens with one attached hydrogen (secondary N) is 1. The first kappa shape index (κ1) is 23.5. The minimum Gasteiger partial charge on any atom is -0.384 e. The number of ether oxygens (including phenoxy) is 1. The van der Waals surface area contributed by atoms with Gasteiger partial charge in [-0.05, 0) is 61.9 Å². The molecule has 0 aliphatic carbocycles. The number of aromatic nitrogens is 1. The third-order valence-electron chi connectivity index (χ3n) is 5.58. The van der Waals surface area contributed by atoms with Crippen molar-refractivity contribution < 1.29 is 17.9 Å². The van der Waals surface area contributed by atoms with Crippen molar-refractivity contribution in [3.8, 4) is 0 Å². The van der Waals surface area contributed by atoms with Crippen molar-refractivity contribution in [3.63, 3.8) is 0 Å². The van der Waals surface area contributed by atoms with Crippen LogP contribution in [0, 0.1) is 17.5 Å². The number of rotatable bonds is 8. The van der Waals surface area contributed by atoms with E-state index in [0.29, 0.717) is 16.8 Å². The number of benzene rings is 2. The number of hydrogen-bond acceptors (Lipinski definition) is 4. The van der Waals surface area contributed by atoms with Crippen LogP contribution in [0.3, 0.4) is 0 Å². The standard InChI is InChI=1S/C25H25ClF3N3O/c26-18-4-6-24-20(14-18)25(30-7-1-2-8-32-9-11-33-12-10-32)15-19(31-24)5-3-17-13-22(28)23(29)16-21(17)27/h3-6,13-16H,1-2,7-12H2,(H,30,31)/b5-3+. The molecule has 33 heavy (non-hydrogen) atoms. The van der Waals surface area contributed by atoms with Gasteiger partial charge < -0.3 is 10.1 Å². The number of pyridine rings is 1.